The molecule has 2 unspecified atom stereocenters. The van der Waals surface area contributed by atoms with E-state index in [-0.39, 0.29) is 5.92 Å². The van der Waals surface area contributed by atoms with E-state index in [0.29, 0.717) is 6.42 Å². The van der Waals surface area contributed by atoms with Crippen molar-refractivity contribution in [3.8, 4) is 0 Å². The van der Waals surface area contributed by atoms with E-state index in [1.54, 1.807) is 6.26 Å². The van der Waals surface area contributed by atoms with Crippen molar-refractivity contribution >= 4 is 5.97 Å². The highest BCUT2D eigenvalue weighted by atomic mass is 16.5. The maximum Gasteiger partial charge on any atom is 0.348 e. The minimum atomic E-state index is -1.01. The SMILES string of the molecule is O=C(O)C1(C2C=CCCC2)CCC=CO1. The monoisotopic (exact) mass is 208 g/mol. The van der Waals surface area contributed by atoms with Crippen LogP contribution < -0.4 is 0 Å². The molecule has 0 saturated carbocycles. The molecular weight excluding hydrogens is 192 g/mol. The molecule has 0 amide bonds. The number of hydrogen-bond acceptors (Lipinski definition) is 2. The van der Waals surface area contributed by atoms with Crippen LogP contribution in [0.5, 0.6) is 0 Å². The number of aliphatic carboxylic acids is 1. The molecule has 0 fully saturated rings. The van der Waals surface area contributed by atoms with E-state index in [9.17, 15) is 9.90 Å². The second-order valence-corrected chi connectivity index (χ2v) is 4.19. The van der Waals surface area contributed by atoms with Crippen LogP contribution in [-0.2, 0) is 9.53 Å². The maximum absolute atomic E-state index is 11.4. The zero-order valence-corrected chi connectivity index (χ0v) is 8.69. The second-order valence-electron chi connectivity index (χ2n) is 4.19. The standard InChI is InChI=1S/C12H16O3/c13-11(14)12(8-4-5-9-15-12)10-6-2-1-3-7-10/h2,5-6,9-10H,1,3-4,7-8H2,(H,13,14). The van der Waals surface area contributed by atoms with Crippen molar-refractivity contribution in [1.29, 1.82) is 0 Å². The smallest absolute Gasteiger partial charge is 0.348 e. The van der Waals surface area contributed by atoms with Gasteiger partial charge < -0.3 is 9.84 Å². The Balaban J connectivity index is 2.25. The number of allylic oxidation sites excluding steroid dienone is 2. The Morgan fingerprint density at radius 1 is 1.40 bits per heavy atom. The van der Waals surface area contributed by atoms with Gasteiger partial charge in [-0.3, -0.25) is 0 Å². The Kier molecular flexibility index (Phi) is 2.80. The summed E-state index contributed by atoms with van der Waals surface area (Å²) < 4.78 is 5.44. The molecule has 0 radical (unpaired) electrons. The first-order valence-electron chi connectivity index (χ1n) is 5.48. The van der Waals surface area contributed by atoms with Gasteiger partial charge in [-0.1, -0.05) is 12.2 Å². The van der Waals surface area contributed by atoms with Gasteiger partial charge in [0.05, 0.1) is 6.26 Å². The fraction of sp³-hybridized carbons (Fsp3) is 0.583. The molecule has 82 valence electrons. The molecule has 1 N–H and O–H groups in total. The van der Waals surface area contributed by atoms with E-state index in [1.807, 2.05) is 12.2 Å². The van der Waals surface area contributed by atoms with E-state index < -0.39 is 11.6 Å². The van der Waals surface area contributed by atoms with Crippen LogP contribution in [0.15, 0.2) is 24.5 Å². The van der Waals surface area contributed by atoms with Gasteiger partial charge in [0.1, 0.15) is 0 Å². The van der Waals surface area contributed by atoms with Crippen molar-refractivity contribution in [2.75, 3.05) is 0 Å². The Hall–Kier alpha value is -1.25. The molecule has 3 heteroatoms. The molecular formula is C12H16O3. The quantitative estimate of drug-likeness (QED) is 0.709. The van der Waals surface area contributed by atoms with Crippen LogP contribution in [0.3, 0.4) is 0 Å². The number of hydrogen-bond donors (Lipinski definition) is 1. The summed E-state index contributed by atoms with van der Waals surface area (Å²) >= 11 is 0. The summed E-state index contributed by atoms with van der Waals surface area (Å²) in [4.78, 5) is 11.4. The van der Waals surface area contributed by atoms with E-state index >= 15 is 0 Å². The van der Waals surface area contributed by atoms with Gasteiger partial charge in [0, 0.05) is 12.3 Å². The van der Waals surface area contributed by atoms with Crippen LogP contribution in [0.4, 0.5) is 0 Å². The maximum atomic E-state index is 11.4. The van der Waals surface area contributed by atoms with Gasteiger partial charge in [0.15, 0.2) is 0 Å². The zero-order valence-electron chi connectivity index (χ0n) is 8.69. The van der Waals surface area contributed by atoms with E-state index in [1.165, 1.54) is 0 Å². The van der Waals surface area contributed by atoms with Gasteiger partial charge in [0.25, 0.3) is 0 Å². The van der Waals surface area contributed by atoms with Crippen molar-refractivity contribution in [1.82, 2.24) is 0 Å². The number of ether oxygens (including phenoxy) is 1. The minimum Gasteiger partial charge on any atom is -0.483 e. The molecule has 1 aliphatic heterocycles. The minimum absolute atomic E-state index is 0.0219. The van der Waals surface area contributed by atoms with Crippen LogP contribution in [0.1, 0.15) is 32.1 Å². The summed E-state index contributed by atoms with van der Waals surface area (Å²) in [6.07, 6.45) is 11.9. The molecule has 2 atom stereocenters. The van der Waals surface area contributed by atoms with Crippen molar-refractivity contribution < 1.29 is 14.6 Å². The Labute approximate surface area is 89.4 Å². The Bertz CT molecular complexity index is 306. The predicted molar refractivity (Wildman–Crippen MR) is 56.3 cm³/mol. The lowest BCUT2D eigenvalue weighted by atomic mass is 9.77. The summed E-state index contributed by atoms with van der Waals surface area (Å²) in [7, 11) is 0. The van der Waals surface area contributed by atoms with Crippen LogP contribution >= 0.6 is 0 Å². The van der Waals surface area contributed by atoms with Crippen molar-refractivity contribution in [3.63, 3.8) is 0 Å². The third-order valence-electron chi connectivity index (χ3n) is 3.27. The van der Waals surface area contributed by atoms with E-state index in [4.69, 9.17) is 4.74 Å². The summed E-state index contributed by atoms with van der Waals surface area (Å²) in [5, 5.41) is 9.35. The van der Waals surface area contributed by atoms with Crippen LogP contribution in [-0.4, -0.2) is 16.7 Å². The zero-order chi connectivity index (χ0) is 10.7. The summed E-state index contributed by atoms with van der Waals surface area (Å²) in [6, 6.07) is 0. The predicted octanol–water partition coefficient (Wildman–Crippen LogP) is 2.49. The van der Waals surface area contributed by atoms with Crippen molar-refractivity contribution in [2.45, 2.75) is 37.7 Å². The van der Waals surface area contributed by atoms with Gasteiger partial charge in [-0.15, -0.1) is 0 Å². The lowest BCUT2D eigenvalue weighted by molar-refractivity contribution is -0.166. The van der Waals surface area contributed by atoms with Gasteiger partial charge in [0.2, 0.25) is 5.60 Å². The Morgan fingerprint density at radius 2 is 2.27 bits per heavy atom. The van der Waals surface area contributed by atoms with Crippen LogP contribution in [0, 0.1) is 5.92 Å². The molecule has 2 rings (SSSR count). The third-order valence-corrected chi connectivity index (χ3v) is 3.27. The number of carbonyl (C=O) groups is 1. The van der Waals surface area contributed by atoms with Gasteiger partial charge in [-0.05, 0) is 31.8 Å². The summed E-state index contributed by atoms with van der Waals surface area (Å²) in [5.41, 5.74) is -1.01. The van der Waals surface area contributed by atoms with E-state index in [2.05, 4.69) is 6.08 Å². The highest BCUT2D eigenvalue weighted by Gasteiger charge is 2.47. The largest absolute Gasteiger partial charge is 0.483 e. The number of carboxylic acids is 1. The first kappa shape index (κ1) is 10.3. The average Bonchev–Trinajstić information content (AvgIpc) is 2.31. The van der Waals surface area contributed by atoms with Gasteiger partial charge >= 0.3 is 5.97 Å². The fourth-order valence-corrected chi connectivity index (χ4v) is 2.38. The topological polar surface area (TPSA) is 46.5 Å². The van der Waals surface area contributed by atoms with Crippen molar-refractivity contribution in [3.05, 3.63) is 24.5 Å². The molecule has 0 saturated heterocycles. The lowest BCUT2D eigenvalue weighted by Crippen LogP contribution is -2.48. The summed E-state index contributed by atoms with van der Waals surface area (Å²) in [5.74, 6) is -0.808. The molecule has 15 heavy (non-hydrogen) atoms. The highest BCUT2D eigenvalue weighted by molar-refractivity contribution is 5.78. The molecule has 1 heterocycles. The molecule has 3 nitrogen and oxygen atoms in total. The molecule has 0 aromatic carbocycles. The molecule has 1 aliphatic carbocycles. The molecule has 0 aromatic rings. The first-order chi connectivity index (χ1) is 7.26. The fourth-order valence-electron chi connectivity index (χ4n) is 2.38. The summed E-state index contributed by atoms with van der Waals surface area (Å²) in [6.45, 7) is 0. The van der Waals surface area contributed by atoms with E-state index in [0.717, 1.165) is 25.7 Å². The molecule has 0 spiro atoms. The van der Waals surface area contributed by atoms with Gasteiger partial charge in [-0.25, -0.2) is 4.79 Å². The van der Waals surface area contributed by atoms with Crippen molar-refractivity contribution in [2.24, 2.45) is 5.92 Å². The van der Waals surface area contributed by atoms with Crippen LogP contribution in [0.2, 0.25) is 0 Å². The van der Waals surface area contributed by atoms with Crippen LogP contribution in [0.25, 0.3) is 0 Å². The average molecular weight is 208 g/mol. The molecule has 0 bridgehead atoms. The highest BCUT2D eigenvalue weighted by Crippen LogP contribution is 2.37. The molecule has 2 aliphatic rings. The third kappa shape index (κ3) is 1.78. The number of rotatable bonds is 2. The normalized spacial score (nSPS) is 34.8. The lowest BCUT2D eigenvalue weighted by Gasteiger charge is -2.37. The molecule has 0 aromatic heterocycles. The Morgan fingerprint density at radius 3 is 2.80 bits per heavy atom. The van der Waals surface area contributed by atoms with Gasteiger partial charge in [-0.2, -0.15) is 0 Å². The number of carboxylic acid groups (broad SMARTS) is 1. The first-order valence-corrected chi connectivity index (χ1v) is 5.48. The second kappa shape index (κ2) is 4.09.